The van der Waals surface area contributed by atoms with E-state index in [4.69, 9.17) is 0 Å². The van der Waals surface area contributed by atoms with Gasteiger partial charge in [0.25, 0.3) is 0 Å². The molecule has 1 aliphatic heterocycles. The lowest BCUT2D eigenvalue weighted by Crippen LogP contribution is -2.51. The molecule has 200 valence electrons. The number of carbonyl (C=O) groups excluding carboxylic acids is 2. The van der Waals surface area contributed by atoms with Gasteiger partial charge in [-0.05, 0) is 55.3 Å². The molecule has 9 heteroatoms. The van der Waals surface area contributed by atoms with Crippen molar-refractivity contribution in [1.82, 2.24) is 15.5 Å². The van der Waals surface area contributed by atoms with E-state index < -0.39 is 17.9 Å². The van der Waals surface area contributed by atoms with Crippen LogP contribution in [0.2, 0.25) is 0 Å². The summed E-state index contributed by atoms with van der Waals surface area (Å²) in [6, 6.07) is 18.9. The summed E-state index contributed by atoms with van der Waals surface area (Å²) in [4.78, 5) is 29.3. The molecular weight excluding hydrogens is 488 g/mol. The number of halogens is 2. The molecule has 3 amide bonds. The monoisotopic (exact) mass is 521 g/mol. The van der Waals surface area contributed by atoms with Gasteiger partial charge in [-0.15, -0.1) is 0 Å². The first-order chi connectivity index (χ1) is 18.4. The summed E-state index contributed by atoms with van der Waals surface area (Å²) in [6.45, 7) is 6.54. The van der Waals surface area contributed by atoms with Gasteiger partial charge in [-0.3, -0.25) is 9.69 Å². The lowest BCUT2D eigenvalue weighted by molar-refractivity contribution is -0.126. The van der Waals surface area contributed by atoms with Crippen molar-refractivity contribution in [3.05, 3.63) is 95.6 Å². The predicted molar refractivity (Wildman–Crippen MR) is 145 cm³/mol. The quantitative estimate of drug-likeness (QED) is 0.396. The fourth-order valence-corrected chi connectivity index (χ4v) is 4.69. The molecule has 0 radical (unpaired) electrons. The van der Waals surface area contributed by atoms with Crippen LogP contribution in [-0.4, -0.2) is 49.6 Å². The van der Waals surface area contributed by atoms with Gasteiger partial charge in [0, 0.05) is 38.4 Å². The number of nitrogens with one attached hydrogen (secondary N) is 3. The van der Waals surface area contributed by atoms with Gasteiger partial charge in [-0.2, -0.15) is 0 Å². The molecule has 1 heterocycles. The van der Waals surface area contributed by atoms with Crippen LogP contribution in [0.5, 0.6) is 0 Å². The number of rotatable bonds is 8. The van der Waals surface area contributed by atoms with Crippen LogP contribution in [0.15, 0.2) is 72.8 Å². The molecule has 4 rings (SSSR count). The Morgan fingerprint density at radius 1 is 0.895 bits per heavy atom. The van der Waals surface area contributed by atoms with Crippen LogP contribution in [0, 0.1) is 11.6 Å². The van der Waals surface area contributed by atoms with Crippen molar-refractivity contribution in [1.29, 1.82) is 0 Å². The molecule has 2 atom stereocenters. The van der Waals surface area contributed by atoms with Crippen LogP contribution < -0.4 is 20.9 Å². The number of anilines is 2. The molecule has 7 nitrogen and oxygen atoms in total. The largest absolute Gasteiger partial charge is 0.367 e. The third-order valence-electron chi connectivity index (χ3n) is 6.66. The highest BCUT2D eigenvalue weighted by atomic mass is 19.1. The van der Waals surface area contributed by atoms with Gasteiger partial charge in [-0.25, -0.2) is 13.6 Å². The summed E-state index contributed by atoms with van der Waals surface area (Å²) in [5, 5.41) is 8.35. The lowest BCUT2D eigenvalue weighted by atomic mass is 10.0. The van der Waals surface area contributed by atoms with Crippen molar-refractivity contribution >= 4 is 23.3 Å². The predicted octanol–water partition coefficient (Wildman–Crippen LogP) is 4.85. The van der Waals surface area contributed by atoms with Gasteiger partial charge in [-0.1, -0.05) is 42.5 Å². The minimum atomic E-state index is -0.486. The van der Waals surface area contributed by atoms with Crippen LogP contribution in [-0.2, 0) is 4.79 Å². The van der Waals surface area contributed by atoms with Gasteiger partial charge >= 0.3 is 6.03 Å². The lowest BCUT2D eigenvalue weighted by Gasteiger charge is -2.39. The molecule has 3 N–H and O–H groups in total. The van der Waals surface area contributed by atoms with Gasteiger partial charge in [0.1, 0.15) is 17.7 Å². The molecule has 0 spiro atoms. The van der Waals surface area contributed by atoms with Crippen LogP contribution in [0.4, 0.5) is 25.0 Å². The second-order valence-corrected chi connectivity index (χ2v) is 9.27. The van der Waals surface area contributed by atoms with E-state index in [0.29, 0.717) is 44.1 Å². The molecule has 1 saturated heterocycles. The van der Waals surface area contributed by atoms with E-state index in [-0.39, 0.29) is 17.8 Å². The zero-order valence-electron chi connectivity index (χ0n) is 21.6. The fraction of sp³-hybridized carbons (Fsp3) is 0.310. The average molecular weight is 522 g/mol. The van der Waals surface area contributed by atoms with E-state index in [9.17, 15) is 14.0 Å². The van der Waals surface area contributed by atoms with Crippen molar-refractivity contribution in [3.63, 3.8) is 0 Å². The molecule has 3 aromatic rings. The topological polar surface area (TPSA) is 76.7 Å². The molecule has 1 unspecified atom stereocenters. The summed E-state index contributed by atoms with van der Waals surface area (Å²) in [6.07, 6.45) is 0. The number of likely N-dealkylation sites (N-methyl/N-ethyl adjacent to an activating group) is 1. The zero-order chi connectivity index (χ0) is 27.1. The normalized spacial score (nSPS) is 15.4. The van der Waals surface area contributed by atoms with Crippen molar-refractivity contribution in [2.24, 2.45) is 0 Å². The SMILES string of the molecule is CCNC(=O)C(c1ccccc1)N1CCN(c2ccc(NC(=O)N[C@@H](C)c3ccc(F)cc3)cc2F)CC1. The number of benzene rings is 3. The highest BCUT2D eigenvalue weighted by molar-refractivity contribution is 5.89. The van der Waals surface area contributed by atoms with Crippen molar-refractivity contribution in [3.8, 4) is 0 Å². The van der Waals surface area contributed by atoms with Crippen molar-refractivity contribution in [2.75, 3.05) is 42.9 Å². The van der Waals surface area contributed by atoms with Gasteiger partial charge in [0.2, 0.25) is 5.91 Å². The molecule has 1 fully saturated rings. The van der Waals surface area contributed by atoms with Crippen molar-refractivity contribution < 1.29 is 18.4 Å². The Balaban J connectivity index is 1.36. The molecule has 3 aromatic carbocycles. The summed E-state index contributed by atoms with van der Waals surface area (Å²) >= 11 is 0. The zero-order valence-corrected chi connectivity index (χ0v) is 21.6. The molecule has 0 saturated carbocycles. The summed E-state index contributed by atoms with van der Waals surface area (Å²) in [7, 11) is 0. The summed E-state index contributed by atoms with van der Waals surface area (Å²) in [5.74, 6) is -0.827. The van der Waals surface area contributed by atoms with Crippen LogP contribution in [0.25, 0.3) is 0 Å². The third-order valence-corrected chi connectivity index (χ3v) is 6.66. The Bertz CT molecular complexity index is 1230. The minimum absolute atomic E-state index is 0.0409. The number of urea groups is 1. The molecule has 0 bridgehead atoms. The number of hydrogen-bond acceptors (Lipinski definition) is 4. The third kappa shape index (κ3) is 6.66. The van der Waals surface area contributed by atoms with E-state index >= 15 is 4.39 Å². The Morgan fingerprint density at radius 2 is 1.58 bits per heavy atom. The number of amides is 3. The maximum Gasteiger partial charge on any atom is 0.319 e. The van der Waals surface area contributed by atoms with Gasteiger partial charge < -0.3 is 20.9 Å². The summed E-state index contributed by atoms with van der Waals surface area (Å²) in [5.41, 5.74) is 2.46. The van der Waals surface area contributed by atoms with Crippen LogP contribution >= 0.6 is 0 Å². The highest BCUT2D eigenvalue weighted by Gasteiger charge is 2.30. The molecular formula is C29H33F2N5O2. The Hall–Kier alpha value is -3.98. The van der Waals surface area contributed by atoms with E-state index in [1.54, 1.807) is 31.2 Å². The minimum Gasteiger partial charge on any atom is -0.367 e. The number of carbonyl (C=O) groups is 2. The summed E-state index contributed by atoms with van der Waals surface area (Å²) < 4.78 is 28.2. The first kappa shape index (κ1) is 27.1. The van der Waals surface area contributed by atoms with Crippen LogP contribution in [0.3, 0.4) is 0 Å². The second kappa shape index (κ2) is 12.5. The maximum atomic E-state index is 15.1. The van der Waals surface area contributed by atoms with Crippen LogP contribution in [0.1, 0.15) is 37.1 Å². The first-order valence-electron chi connectivity index (χ1n) is 12.8. The van der Waals surface area contributed by atoms with E-state index in [0.717, 1.165) is 11.1 Å². The molecule has 38 heavy (non-hydrogen) atoms. The molecule has 1 aliphatic rings. The highest BCUT2D eigenvalue weighted by Crippen LogP contribution is 2.27. The van der Waals surface area contributed by atoms with E-state index in [1.807, 2.05) is 42.2 Å². The molecule has 0 aliphatic carbocycles. The smallest absolute Gasteiger partial charge is 0.319 e. The van der Waals surface area contributed by atoms with Gasteiger partial charge in [0.15, 0.2) is 0 Å². The fourth-order valence-electron chi connectivity index (χ4n) is 4.69. The molecule has 0 aromatic heterocycles. The van der Waals surface area contributed by atoms with E-state index in [2.05, 4.69) is 20.9 Å². The first-order valence-corrected chi connectivity index (χ1v) is 12.8. The van der Waals surface area contributed by atoms with E-state index in [1.165, 1.54) is 18.2 Å². The number of piperazine rings is 1. The average Bonchev–Trinajstić information content (AvgIpc) is 2.90. The van der Waals surface area contributed by atoms with Gasteiger partial charge in [0.05, 0.1) is 11.7 Å². The number of nitrogens with zero attached hydrogens (tertiary/aromatic N) is 2. The Morgan fingerprint density at radius 3 is 2.21 bits per heavy atom. The Labute approximate surface area is 221 Å². The maximum absolute atomic E-state index is 15.1. The van der Waals surface area contributed by atoms with Crippen molar-refractivity contribution in [2.45, 2.75) is 25.9 Å². The number of hydrogen-bond donors (Lipinski definition) is 3. The standard InChI is InChI=1S/C29H33F2N5O2/c1-3-32-28(37)27(22-7-5-4-6-8-22)36-17-15-35(16-18-36)26-14-13-24(19-25(26)31)34-29(38)33-20(2)21-9-11-23(30)12-10-21/h4-14,19-20,27H,3,15-18H2,1-2H3,(H,32,37)(H2,33,34,38)/t20-,27?/m0/s1. The second-order valence-electron chi connectivity index (χ2n) is 9.27. The Kier molecular flexibility index (Phi) is 8.91.